The quantitative estimate of drug-likeness (QED) is 0.180. The smallest absolute Gasteiger partial charge is 0.239 e. The second-order valence-corrected chi connectivity index (χ2v) is 14.4. The van der Waals surface area contributed by atoms with Crippen LogP contribution >= 0.6 is 0 Å². The van der Waals surface area contributed by atoms with Gasteiger partial charge in [-0.2, -0.15) is 9.97 Å². The van der Waals surface area contributed by atoms with E-state index in [1.165, 1.54) is 21.7 Å². The fourth-order valence-electron chi connectivity index (χ4n) is 8.43. The lowest BCUT2D eigenvalue weighted by Gasteiger charge is -2.31. The summed E-state index contributed by atoms with van der Waals surface area (Å²) in [5, 5.41) is 8.96. The van der Waals surface area contributed by atoms with Gasteiger partial charge in [-0.3, -0.25) is 4.90 Å². The number of para-hydroxylation sites is 2. The lowest BCUT2D eigenvalue weighted by atomic mass is 9.92. The van der Waals surface area contributed by atoms with Gasteiger partial charge in [-0.05, 0) is 92.0 Å². The van der Waals surface area contributed by atoms with Gasteiger partial charge in [0, 0.05) is 21.9 Å². The van der Waals surface area contributed by atoms with Crippen LogP contribution in [-0.2, 0) is 0 Å². The normalized spacial score (nSPS) is 12.3. The molecule has 6 nitrogen and oxygen atoms in total. The molecule has 2 aromatic heterocycles. The van der Waals surface area contributed by atoms with Gasteiger partial charge in [-0.15, -0.1) is 0 Å². The molecule has 57 heavy (non-hydrogen) atoms. The Morgan fingerprint density at radius 3 is 1.93 bits per heavy atom. The van der Waals surface area contributed by atoms with Gasteiger partial charge >= 0.3 is 0 Å². The lowest BCUT2D eigenvalue weighted by Crippen LogP contribution is -2.19. The number of benzene rings is 9. The van der Waals surface area contributed by atoms with Crippen LogP contribution in [-0.4, -0.2) is 15.0 Å². The van der Waals surface area contributed by atoms with Crippen LogP contribution in [0.25, 0.3) is 88.2 Å². The van der Waals surface area contributed by atoms with Crippen molar-refractivity contribution in [2.75, 3.05) is 4.90 Å². The first-order valence-electron chi connectivity index (χ1n) is 19.0. The molecule has 3 heterocycles. The van der Waals surface area contributed by atoms with Crippen LogP contribution in [0.3, 0.4) is 0 Å². The first kappa shape index (κ1) is 31.5. The number of nitrogens with zero attached hydrogens (tertiary/aromatic N) is 4. The summed E-state index contributed by atoms with van der Waals surface area (Å²) in [5.74, 6) is 3.08. The molecule has 0 radical (unpaired) electrons. The lowest BCUT2D eigenvalue weighted by molar-refractivity contribution is 0.477. The van der Waals surface area contributed by atoms with E-state index in [1.54, 1.807) is 0 Å². The monoisotopic (exact) mass is 730 g/mol. The van der Waals surface area contributed by atoms with Crippen LogP contribution in [0.4, 0.5) is 17.3 Å². The maximum absolute atomic E-state index is 6.68. The van der Waals surface area contributed by atoms with Gasteiger partial charge in [0.25, 0.3) is 0 Å². The average Bonchev–Trinajstić information content (AvgIpc) is 3.65. The molecular weight excluding hydrogens is 701 g/mol. The SMILES string of the molecule is c1ccc(-c2nc(-c3ccc4oc5cc(-c6cccc7ccccc67)c6ccccc6c5c4c3)nc(N3c4ccccc4Oc4cc5ccccc5cc43)n2)cc1. The molecule has 0 N–H and O–H groups in total. The number of ether oxygens (including phenoxy) is 1. The number of rotatable bonds is 4. The minimum Gasteiger partial charge on any atom is -0.456 e. The van der Waals surface area contributed by atoms with E-state index in [1.807, 2.05) is 72.8 Å². The Morgan fingerprint density at radius 1 is 0.386 bits per heavy atom. The average molecular weight is 731 g/mol. The van der Waals surface area contributed by atoms with Crippen molar-refractivity contribution >= 4 is 71.6 Å². The van der Waals surface area contributed by atoms with Crippen molar-refractivity contribution in [2.45, 2.75) is 0 Å². The molecule has 11 aromatic rings. The largest absolute Gasteiger partial charge is 0.456 e. The Balaban J connectivity index is 1.08. The fraction of sp³-hybridized carbons (Fsp3) is 0. The maximum atomic E-state index is 6.68. The summed E-state index contributed by atoms with van der Waals surface area (Å²) >= 11 is 0. The molecule has 0 unspecified atom stereocenters. The van der Waals surface area contributed by atoms with Gasteiger partial charge in [0.05, 0.1) is 11.4 Å². The van der Waals surface area contributed by atoms with E-state index >= 15 is 0 Å². The minimum absolute atomic E-state index is 0.494. The van der Waals surface area contributed by atoms with Crippen LogP contribution < -0.4 is 9.64 Å². The molecule has 0 saturated heterocycles. The van der Waals surface area contributed by atoms with Crippen molar-refractivity contribution in [3.05, 3.63) is 182 Å². The highest BCUT2D eigenvalue weighted by molar-refractivity contribution is 6.23. The number of furan rings is 1. The summed E-state index contributed by atoms with van der Waals surface area (Å²) in [5.41, 5.74) is 7.40. The van der Waals surface area contributed by atoms with Gasteiger partial charge < -0.3 is 9.15 Å². The van der Waals surface area contributed by atoms with Gasteiger partial charge in [-0.1, -0.05) is 133 Å². The Bertz CT molecular complexity index is 3410. The molecule has 12 rings (SSSR count). The molecule has 1 aliphatic heterocycles. The summed E-state index contributed by atoms with van der Waals surface area (Å²) in [6, 6.07) is 62.7. The van der Waals surface area contributed by atoms with Crippen molar-refractivity contribution < 1.29 is 9.15 Å². The van der Waals surface area contributed by atoms with E-state index in [0.29, 0.717) is 17.6 Å². The number of hydrogen-bond donors (Lipinski definition) is 0. The molecular formula is C51H30N4O2. The summed E-state index contributed by atoms with van der Waals surface area (Å²) in [4.78, 5) is 17.7. The van der Waals surface area contributed by atoms with Crippen LogP contribution in [0.1, 0.15) is 0 Å². The standard InChI is InChI=1S/C51H30N4O2/c1-2-14-32(15-3-1)49-52-50(54-51(53-49)55-42-23-10-11-24-45(42)57-46-29-34-17-5-4-16-33(34)28-43(46)55)35-25-26-44-41(27-35)48-39-21-9-8-20-38(39)40(30-47(48)56-44)37-22-12-18-31-13-6-7-19-36(31)37/h1-30H. The number of hydrogen-bond acceptors (Lipinski definition) is 6. The zero-order valence-corrected chi connectivity index (χ0v) is 30.4. The van der Waals surface area contributed by atoms with E-state index in [9.17, 15) is 0 Å². The molecule has 6 heteroatoms. The van der Waals surface area contributed by atoms with E-state index in [-0.39, 0.29) is 0 Å². The Kier molecular flexibility index (Phi) is 6.83. The van der Waals surface area contributed by atoms with E-state index in [0.717, 1.165) is 77.7 Å². The van der Waals surface area contributed by atoms with Crippen molar-refractivity contribution in [3.8, 4) is 45.4 Å². The summed E-state index contributed by atoms with van der Waals surface area (Å²) in [6.45, 7) is 0. The number of fused-ring (bicyclic) bond motifs is 9. The maximum Gasteiger partial charge on any atom is 0.239 e. The zero-order valence-electron chi connectivity index (χ0n) is 30.4. The van der Waals surface area contributed by atoms with Gasteiger partial charge in [0.2, 0.25) is 5.95 Å². The minimum atomic E-state index is 0.494. The van der Waals surface area contributed by atoms with E-state index < -0.39 is 0 Å². The molecule has 0 saturated carbocycles. The van der Waals surface area contributed by atoms with Crippen molar-refractivity contribution in [1.82, 2.24) is 15.0 Å². The van der Waals surface area contributed by atoms with E-state index in [2.05, 4.69) is 114 Å². The van der Waals surface area contributed by atoms with Crippen LogP contribution in [0.15, 0.2) is 186 Å². The third-order valence-electron chi connectivity index (χ3n) is 11.1. The predicted octanol–water partition coefficient (Wildman–Crippen LogP) is 13.8. The highest BCUT2D eigenvalue weighted by Gasteiger charge is 2.29. The number of anilines is 3. The predicted molar refractivity (Wildman–Crippen MR) is 231 cm³/mol. The molecule has 0 bridgehead atoms. The Labute approximate surface area is 326 Å². The van der Waals surface area contributed by atoms with Gasteiger partial charge in [0.15, 0.2) is 23.1 Å². The summed E-state index contributed by atoms with van der Waals surface area (Å²) in [6.07, 6.45) is 0. The van der Waals surface area contributed by atoms with Gasteiger partial charge in [-0.25, -0.2) is 4.98 Å². The highest BCUT2D eigenvalue weighted by Crippen LogP contribution is 2.51. The molecule has 0 spiro atoms. The van der Waals surface area contributed by atoms with Crippen molar-refractivity contribution in [2.24, 2.45) is 0 Å². The second kappa shape index (κ2) is 12.3. The first-order chi connectivity index (χ1) is 28.2. The second-order valence-electron chi connectivity index (χ2n) is 14.4. The van der Waals surface area contributed by atoms with Crippen molar-refractivity contribution in [3.63, 3.8) is 0 Å². The van der Waals surface area contributed by atoms with Crippen LogP contribution in [0.5, 0.6) is 11.5 Å². The summed E-state index contributed by atoms with van der Waals surface area (Å²) < 4.78 is 13.2. The molecule has 0 amide bonds. The Hall–Kier alpha value is -7.83. The van der Waals surface area contributed by atoms with Crippen LogP contribution in [0.2, 0.25) is 0 Å². The molecule has 0 aliphatic carbocycles. The van der Waals surface area contributed by atoms with Crippen molar-refractivity contribution in [1.29, 1.82) is 0 Å². The zero-order chi connectivity index (χ0) is 37.5. The molecule has 9 aromatic carbocycles. The third kappa shape index (κ3) is 5.01. The molecule has 266 valence electrons. The first-order valence-corrected chi connectivity index (χ1v) is 19.0. The van der Waals surface area contributed by atoms with E-state index in [4.69, 9.17) is 24.1 Å². The fourth-order valence-corrected chi connectivity index (χ4v) is 8.43. The topological polar surface area (TPSA) is 64.3 Å². The number of aromatic nitrogens is 3. The third-order valence-corrected chi connectivity index (χ3v) is 11.1. The van der Waals surface area contributed by atoms with Crippen LogP contribution in [0, 0.1) is 0 Å². The molecule has 1 aliphatic rings. The Morgan fingerprint density at radius 2 is 1.07 bits per heavy atom. The molecule has 0 fully saturated rings. The highest BCUT2D eigenvalue weighted by atomic mass is 16.5. The van der Waals surface area contributed by atoms with Gasteiger partial charge in [0.1, 0.15) is 11.2 Å². The molecule has 0 atom stereocenters. The summed E-state index contributed by atoms with van der Waals surface area (Å²) in [7, 11) is 0.